The second kappa shape index (κ2) is 6.80. The van der Waals surface area contributed by atoms with Gasteiger partial charge in [0.1, 0.15) is 0 Å². The van der Waals surface area contributed by atoms with Gasteiger partial charge in [-0.2, -0.15) is 0 Å². The van der Waals surface area contributed by atoms with Crippen molar-refractivity contribution < 1.29 is 14.7 Å². The summed E-state index contributed by atoms with van der Waals surface area (Å²) in [5.41, 5.74) is 4.90. The number of fused-ring (bicyclic) bond motifs is 1. The van der Waals surface area contributed by atoms with Crippen LogP contribution in [0.2, 0.25) is 0 Å². The second-order valence-corrected chi connectivity index (χ2v) is 9.46. The van der Waals surface area contributed by atoms with E-state index in [0.717, 1.165) is 43.8 Å². The molecule has 4 aromatic rings. The van der Waals surface area contributed by atoms with Crippen LogP contribution in [0.25, 0.3) is 21.8 Å². The predicted octanol–water partition coefficient (Wildman–Crippen LogP) is 3.57. The van der Waals surface area contributed by atoms with Crippen molar-refractivity contribution in [3.63, 3.8) is 0 Å². The number of aromatic amines is 1. The molecule has 7 heteroatoms. The van der Waals surface area contributed by atoms with E-state index in [1.54, 1.807) is 0 Å². The highest BCUT2D eigenvalue weighted by Gasteiger charge is 2.46. The van der Waals surface area contributed by atoms with Crippen molar-refractivity contribution in [2.45, 2.75) is 24.8 Å². The molecule has 3 atom stereocenters. The zero-order valence-electron chi connectivity index (χ0n) is 16.6. The monoisotopic (exact) mass is 477 g/mol. The summed E-state index contributed by atoms with van der Waals surface area (Å²) in [6, 6.07) is 12.0. The van der Waals surface area contributed by atoms with E-state index in [1.165, 1.54) is 5.56 Å². The van der Waals surface area contributed by atoms with Gasteiger partial charge in [0.15, 0.2) is 0 Å². The number of para-hydroxylation sites is 1. The number of H-pyrrole nitrogens is 1. The van der Waals surface area contributed by atoms with E-state index < -0.39 is 11.8 Å². The quantitative estimate of drug-likeness (QED) is 0.394. The van der Waals surface area contributed by atoms with Crippen molar-refractivity contribution >= 4 is 49.6 Å². The van der Waals surface area contributed by atoms with E-state index in [2.05, 4.69) is 36.9 Å². The van der Waals surface area contributed by atoms with Crippen LogP contribution in [0.5, 0.6) is 0 Å². The minimum absolute atomic E-state index is 0.124. The average molecular weight is 478 g/mol. The highest BCUT2D eigenvalue weighted by atomic mass is 79.9. The lowest BCUT2D eigenvalue weighted by Gasteiger charge is -2.22. The fraction of sp³-hybridized carbons (Fsp3) is 0.250. The molecule has 0 spiro atoms. The number of aliphatic hydroxyl groups excluding tert-OH is 1. The molecule has 3 N–H and O–H groups in total. The molecule has 2 aliphatic rings. The Morgan fingerprint density at radius 2 is 1.87 bits per heavy atom. The first-order valence-corrected chi connectivity index (χ1v) is 11.2. The Balaban J connectivity index is 1.54. The molecule has 6 nitrogen and oxygen atoms in total. The Bertz CT molecular complexity index is 1390. The maximum absolute atomic E-state index is 13.0. The fourth-order valence-electron chi connectivity index (χ4n) is 5.40. The van der Waals surface area contributed by atoms with Crippen molar-refractivity contribution in [2.24, 2.45) is 5.92 Å². The zero-order valence-corrected chi connectivity index (χ0v) is 18.1. The number of aliphatic hydroxyl groups is 1. The van der Waals surface area contributed by atoms with Crippen LogP contribution in [-0.2, 0) is 22.6 Å². The third kappa shape index (κ3) is 2.73. The van der Waals surface area contributed by atoms with Crippen LogP contribution >= 0.6 is 15.9 Å². The lowest BCUT2D eigenvalue weighted by molar-refractivity contribution is -0.125. The van der Waals surface area contributed by atoms with E-state index >= 15 is 0 Å². The van der Waals surface area contributed by atoms with Gasteiger partial charge in [0.2, 0.25) is 11.8 Å². The lowest BCUT2D eigenvalue weighted by atomic mass is 9.82. The molecule has 1 fully saturated rings. The van der Waals surface area contributed by atoms with Gasteiger partial charge in [0, 0.05) is 52.2 Å². The number of amides is 2. The molecule has 4 heterocycles. The van der Waals surface area contributed by atoms with Crippen LogP contribution in [0, 0.1) is 5.92 Å². The van der Waals surface area contributed by atoms with Crippen LogP contribution in [0.3, 0.4) is 0 Å². The van der Waals surface area contributed by atoms with Crippen molar-refractivity contribution in [2.75, 3.05) is 6.61 Å². The molecular formula is C24H20BrN3O3. The second-order valence-electron chi connectivity index (χ2n) is 8.55. The summed E-state index contributed by atoms with van der Waals surface area (Å²) in [4.78, 5) is 29.3. The molecule has 3 unspecified atom stereocenters. The highest BCUT2D eigenvalue weighted by Crippen LogP contribution is 2.44. The summed E-state index contributed by atoms with van der Waals surface area (Å²) in [5, 5.41) is 14.2. The summed E-state index contributed by atoms with van der Waals surface area (Å²) in [6.07, 6.45) is 4.67. The van der Waals surface area contributed by atoms with Gasteiger partial charge < -0.3 is 14.7 Å². The predicted molar refractivity (Wildman–Crippen MR) is 121 cm³/mol. The number of benzene rings is 2. The van der Waals surface area contributed by atoms with Crippen LogP contribution in [-0.4, -0.2) is 33.1 Å². The number of aromatic nitrogens is 2. The molecule has 6 rings (SSSR count). The number of hydrogen-bond acceptors (Lipinski definition) is 3. The Labute approximate surface area is 186 Å². The topological polar surface area (TPSA) is 87.1 Å². The number of nitrogens with zero attached hydrogens (tertiary/aromatic N) is 1. The van der Waals surface area contributed by atoms with Crippen molar-refractivity contribution in [3.05, 3.63) is 70.0 Å². The molecule has 2 amide bonds. The van der Waals surface area contributed by atoms with Crippen LogP contribution in [0.1, 0.15) is 28.5 Å². The number of halogens is 1. The Morgan fingerprint density at radius 1 is 1.06 bits per heavy atom. The minimum atomic E-state index is -0.598. The van der Waals surface area contributed by atoms with Gasteiger partial charge in [-0.05, 0) is 35.2 Å². The number of imide groups is 1. The molecule has 2 aromatic heterocycles. The number of carbonyl (C=O) groups is 2. The smallest absolute Gasteiger partial charge is 0.235 e. The third-order valence-electron chi connectivity index (χ3n) is 6.72. The van der Waals surface area contributed by atoms with Crippen molar-refractivity contribution in [3.8, 4) is 0 Å². The first-order chi connectivity index (χ1) is 15.0. The molecule has 0 saturated carbocycles. The standard InChI is InChI=1S/C24H20BrN3O3/c25-14-4-5-15-17(8-26-19(15)7-14)20-21(24(31)27-23(20)30)18-10-28-9-12(11-29)6-13-2-1-3-16(18)22(13)28/h1-5,7-8,10,12,20-21,26,29H,6,9,11H2,(H,27,30,31). The Hall–Kier alpha value is -2.90. The van der Waals surface area contributed by atoms with Crippen LogP contribution in [0.15, 0.2) is 53.3 Å². The first kappa shape index (κ1) is 18.8. The number of nitrogens with one attached hydrogen (secondary N) is 2. The lowest BCUT2D eigenvalue weighted by Crippen LogP contribution is -2.22. The van der Waals surface area contributed by atoms with E-state index in [0.29, 0.717) is 6.54 Å². The third-order valence-corrected chi connectivity index (χ3v) is 7.22. The van der Waals surface area contributed by atoms with E-state index in [9.17, 15) is 14.7 Å². The van der Waals surface area contributed by atoms with Gasteiger partial charge in [-0.3, -0.25) is 14.9 Å². The summed E-state index contributed by atoms with van der Waals surface area (Å²) >= 11 is 3.48. The van der Waals surface area contributed by atoms with Crippen LogP contribution < -0.4 is 5.32 Å². The van der Waals surface area contributed by atoms with Crippen molar-refractivity contribution in [1.29, 1.82) is 0 Å². The molecule has 0 aliphatic carbocycles. The Morgan fingerprint density at radius 3 is 2.68 bits per heavy atom. The molecule has 156 valence electrons. The number of hydrogen-bond donors (Lipinski definition) is 3. The minimum Gasteiger partial charge on any atom is -0.396 e. The molecular weight excluding hydrogens is 458 g/mol. The number of rotatable bonds is 3. The summed E-state index contributed by atoms with van der Waals surface area (Å²) in [5.74, 6) is -1.57. The van der Waals surface area contributed by atoms with E-state index in [-0.39, 0.29) is 24.3 Å². The molecule has 0 radical (unpaired) electrons. The van der Waals surface area contributed by atoms with Crippen LogP contribution in [0.4, 0.5) is 0 Å². The maximum atomic E-state index is 13.0. The molecule has 31 heavy (non-hydrogen) atoms. The SMILES string of the molecule is O=C1NC(=O)C(c2cn3c4c(cccc24)CC(CO)C3)C1c1c[nH]c2cc(Br)ccc12. The fourth-order valence-corrected chi connectivity index (χ4v) is 5.76. The van der Waals surface area contributed by atoms with Gasteiger partial charge in [0.05, 0.1) is 17.4 Å². The summed E-state index contributed by atoms with van der Waals surface area (Å²) in [6.45, 7) is 0.831. The first-order valence-electron chi connectivity index (χ1n) is 10.4. The van der Waals surface area contributed by atoms with Crippen molar-refractivity contribution in [1.82, 2.24) is 14.9 Å². The van der Waals surface area contributed by atoms with Gasteiger partial charge in [0.25, 0.3) is 0 Å². The molecule has 0 bridgehead atoms. The number of carbonyl (C=O) groups excluding carboxylic acids is 2. The zero-order chi connectivity index (χ0) is 21.3. The maximum Gasteiger partial charge on any atom is 0.235 e. The Kier molecular flexibility index (Phi) is 4.13. The van der Waals surface area contributed by atoms with Gasteiger partial charge >= 0.3 is 0 Å². The van der Waals surface area contributed by atoms with Gasteiger partial charge in [-0.1, -0.05) is 40.2 Å². The van der Waals surface area contributed by atoms with Gasteiger partial charge in [-0.25, -0.2) is 0 Å². The summed E-state index contributed by atoms with van der Waals surface area (Å²) in [7, 11) is 0. The van der Waals surface area contributed by atoms with E-state index in [1.807, 2.05) is 42.7 Å². The normalized spacial score (nSPS) is 23.1. The largest absolute Gasteiger partial charge is 0.396 e. The molecule has 2 aliphatic heterocycles. The summed E-state index contributed by atoms with van der Waals surface area (Å²) < 4.78 is 3.09. The molecule has 1 saturated heterocycles. The highest BCUT2D eigenvalue weighted by molar-refractivity contribution is 9.10. The molecule has 2 aromatic carbocycles. The van der Waals surface area contributed by atoms with Gasteiger partial charge in [-0.15, -0.1) is 0 Å². The van der Waals surface area contributed by atoms with E-state index in [4.69, 9.17) is 0 Å². The average Bonchev–Trinajstić information content (AvgIpc) is 3.41.